The molecule has 1 aromatic rings. The van der Waals surface area contributed by atoms with Gasteiger partial charge in [-0.25, -0.2) is 0 Å². The highest BCUT2D eigenvalue weighted by Gasteiger charge is 2.33. The van der Waals surface area contributed by atoms with Gasteiger partial charge in [0.1, 0.15) is 0 Å². The minimum Gasteiger partial charge on any atom is -0.469 e. The molecule has 0 bridgehead atoms. The van der Waals surface area contributed by atoms with Crippen molar-refractivity contribution in [3.63, 3.8) is 0 Å². The van der Waals surface area contributed by atoms with Crippen molar-refractivity contribution in [2.75, 3.05) is 30.8 Å². The van der Waals surface area contributed by atoms with E-state index in [4.69, 9.17) is 10.5 Å². The van der Waals surface area contributed by atoms with Crippen LogP contribution < -0.4 is 10.6 Å². The lowest BCUT2D eigenvalue weighted by Crippen LogP contribution is -2.39. The molecule has 0 aromatic heterocycles. The standard InChI is InChI=1S/C14H20N2O2/c1-14(2,13(17)18-3)9-16-8-7-10-11(15)5-4-6-12(10)16/h4-6H,7-9,15H2,1-3H3. The monoisotopic (exact) mass is 248 g/mol. The van der Waals surface area contributed by atoms with Crippen LogP contribution in [0.1, 0.15) is 19.4 Å². The van der Waals surface area contributed by atoms with Gasteiger partial charge in [0.15, 0.2) is 0 Å². The van der Waals surface area contributed by atoms with Crippen LogP contribution in [0.4, 0.5) is 11.4 Å². The minimum atomic E-state index is -0.513. The minimum absolute atomic E-state index is 0.181. The van der Waals surface area contributed by atoms with Gasteiger partial charge in [0.05, 0.1) is 12.5 Å². The Morgan fingerprint density at radius 2 is 2.22 bits per heavy atom. The zero-order chi connectivity index (χ0) is 13.3. The number of esters is 1. The lowest BCUT2D eigenvalue weighted by atomic mass is 9.93. The van der Waals surface area contributed by atoms with Crippen molar-refractivity contribution < 1.29 is 9.53 Å². The summed E-state index contributed by atoms with van der Waals surface area (Å²) >= 11 is 0. The number of benzene rings is 1. The Balaban J connectivity index is 2.20. The number of hydrogen-bond donors (Lipinski definition) is 1. The molecule has 1 aromatic carbocycles. The van der Waals surface area contributed by atoms with E-state index >= 15 is 0 Å². The zero-order valence-electron chi connectivity index (χ0n) is 11.2. The summed E-state index contributed by atoms with van der Waals surface area (Å²) < 4.78 is 4.85. The summed E-state index contributed by atoms with van der Waals surface area (Å²) in [5.41, 5.74) is 8.63. The number of carbonyl (C=O) groups excluding carboxylic acids is 1. The van der Waals surface area contributed by atoms with Crippen LogP contribution in [0.2, 0.25) is 0 Å². The Labute approximate surface area is 108 Å². The van der Waals surface area contributed by atoms with E-state index < -0.39 is 5.41 Å². The molecule has 2 rings (SSSR count). The second-order valence-corrected chi connectivity index (χ2v) is 5.39. The number of fused-ring (bicyclic) bond motifs is 1. The van der Waals surface area contributed by atoms with E-state index in [0.717, 1.165) is 24.3 Å². The quantitative estimate of drug-likeness (QED) is 0.655. The van der Waals surface area contributed by atoms with Crippen molar-refractivity contribution in [1.82, 2.24) is 0 Å². The van der Waals surface area contributed by atoms with Crippen molar-refractivity contribution in [3.8, 4) is 0 Å². The van der Waals surface area contributed by atoms with E-state index in [1.807, 2.05) is 26.0 Å². The van der Waals surface area contributed by atoms with Gasteiger partial charge in [0.25, 0.3) is 0 Å². The summed E-state index contributed by atoms with van der Waals surface area (Å²) in [7, 11) is 1.43. The first-order valence-corrected chi connectivity index (χ1v) is 6.16. The van der Waals surface area contributed by atoms with Gasteiger partial charge < -0.3 is 15.4 Å². The summed E-state index contributed by atoms with van der Waals surface area (Å²) in [6.45, 7) is 5.37. The van der Waals surface area contributed by atoms with Crippen LogP contribution in [-0.4, -0.2) is 26.2 Å². The molecule has 0 unspecified atom stereocenters. The number of rotatable bonds is 3. The first-order valence-electron chi connectivity index (χ1n) is 6.16. The Morgan fingerprint density at radius 3 is 2.89 bits per heavy atom. The topological polar surface area (TPSA) is 55.6 Å². The van der Waals surface area contributed by atoms with Crippen molar-refractivity contribution in [1.29, 1.82) is 0 Å². The molecule has 4 nitrogen and oxygen atoms in total. The molecule has 0 aliphatic carbocycles. The van der Waals surface area contributed by atoms with E-state index in [0.29, 0.717) is 6.54 Å². The number of ether oxygens (including phenoxy) is 1. The van der Waals surface area contributed by atoms with Gasteiger partial charge >= 0.3 is 5.97 Å². The van der Waals surface area contributed by atoms with Gasteiger partial charge in [0.2, 0.25) is 0 Å². The Bertz CT molecular complexity index is 469. The van der Waals surface area contributed by atoms with Crippen LogP contribution in [0.5, 0.6) is 0 Å². The highest BCUT2D eigenvalue weighted by atomic mass is 16.5. The van der Waals surface area contributed by atoms with Gasteiger partial charge in [0, 0.05) is 30.0 Å². The summed E-state index contributed by atoms with van der Waals surface area (Å²) in [4.78, 5) is 13.9. The van der Waals surface area contributed by atoms with Crippen molar-refractivity contribution >= 4 is 17.3 Å². The molecular formula is C14H20N2O2. The van der Waals surface area contributed by atoms with E-state index in [1.165, 1.54) is 12.7 Å². The SMILES string of the molecule is COC(=O)C(C)(C)CN1CCc2c(N)cccc21. The van der Waals surface area contributed by atoms with E-state index in [9.17, 15) is 4.79 Å². The number of anilines is 2. The van der Waals surface area contributed by atoms with Crippen molar-refractivity contribution in [2.45, 2.75) is 20.3 Å². The first kappa shape index (κ1) is 12.7. The Morgan fingerprint density at radius 1 is 1.50 bits per heavy atom. The molecule has 0 spiro atoms. The molecule has 1 heterocycles. The van der Waals surface area contributed by atoms with Crippen LogP contribution in [-0.2, 0) is 16.0 Å². The predicted octanol–water partition coefficient (Wildman–Crippen LogP) is 1.83. The summed E-state index contributed by atoms with van der Waals surface area (Å²) in [6.07, 6.45) is 0.944. The molecule has 0 amide bonds. The number of methoxy groups -OCH3 is 1. The molecule has 18 heavy (non-hydrogen) atoms. The predicted molar refractivity (Wildman–Crippen MR) is 72.6 cm³/mol. The first-order chi connectivity index (χ1) is 8.45. The lowest BCUT2D eigenvalue weighted by Gasteiger charge is -2.29. The molecule has 98 valence electrons. The van der Waals surface area contributed by atoms with E-state index in [1.54, 1.807) is 0 Å². The Hall–Kier alpha value is -1.71. The molecule has 0 fully saturated rings. The summed E-state index contributed by atoms with van der Waals surface area (Å²) in [5, 5.41) is 0. The fourth-order valence-corrected chi connectivity index (χ4v) is 2.51. The van der Waals surface area contributed by atoms with Gasteiger partial charge in [-0.1, -0.05) is 6.07 Å². The average Bonchev–Trinajstić information content (AvgIpc) is 2.72. The number of nitrogens with two attached hydrogens (primary N) is 1. The molecule has 1 aliphatic rings. The second-order valence-electron chi connectivity index (χ2n) is 5.39. The highest BCUT2D eigenvalue weighted by Crippen LogP contribution is 2.34. The van der Waals surface area contributed by atoms with Crippen LogP contribution in [0.25, 0.3) is 0 Å². The molecule has 4 heteroatoms. The fraction of sp³-hybridized carbons (Fsp3) is 0.500. The maximum absolute atomic E-state index is 11.7. The van der Waals surface area contributed by atoms with Crippen molar-refractivity contribution in [2.24, 2.45) is 5.41 Å². The number of hydrogen-bond acceptors (Lipinski definition) is 4. The third kappa shape index (κ3) is 2.15. The average molecular weight is 248 g/mol. The van der Waals surface area contributed by atoms with E-state index in [-0.39, 0.29) is 5.97 Å². The van der Waals surface area contributed by atoms with Gasteiger partial charge in [-0.05, 0) is 32.4 Å². The molecule has 0 saturated carbocycles. The van der Waals surface area contributed by atoms with Crippen LogP contribution in [0.3, 0.4) is 0 Å². The normalized spacial score (nSPS) is 14.5. The fourth-order valence-electron chi connectivity index (χ4n) is 2.51. The van der Waals surface area contributed by atoms with Gasteiger partial charge in [-0.15, -0.1) is 0 Å². The Kier molecular flexibility index (Phi) is 3.20. The second kappa shape index (κ2) is 4.52. The number of nitrogens with zero attached hydrogens (tertiary/aromatic N) is 1. The maximum atomic E-state index is 11.7. The third-order valence-electron chi connectivity index (χ3n) is 3.48. The number of carbonyl (C=O) groups is 1. The third-order valence-corrected chi connectivity index (χ3v) is 3.48. The van der Waals surface area contributed by atoms with Crippen LogP contribution >= 0.6 is 0 Å². The summed E-state index contributed by atoms with van der Waals surface area (Å²) in [6, 6.07) is 5.94. The summed E-state index contributed by atoms with van der Waals surface area (Å²) in [5.74, 6) is -0.181. The van der Waals surface area contributed by atoms with E-state index in [2.05, 4.69) is 11.0 Å². The molecular weight excluding hydrogens is 228 g/mol. The van der Waals surface area contributed by atoms with Crippen LogP contribution in [0.15, 0.2) is 18.2 Å². The molecule has 2 N–H and O–H groups in total. The molecule has 0 atom stereocenters. The zero-order valence-corrected chi connectivity index (χ0v) is 11.2. The molecule has 1 aliphatic heterocycles. The van der Waals surface area contributed by atoms with Gasteiger partial charge in [-0.3, -0.25) is 4.79 Å². The highest BCUT2D eigenvalue weighted by molar-refractivity contribution is 5.77. The molecule has 0 radical (unpaired) electrons. The number of nitrogen functional groups attached to an aromatic ring is 1. The largest absolute Gasteiger partial charge is 0.469 e. The van der Waals surface area contributed by atoms with Crippen LogP contribution in [0, 0.1) is 5.41 Å². The lowest BCUT2D eigenvalue weighted by molar-refractivity contribution is -0.150. The molecule has 0 saturated heterocycles. The smallest absolute Gasteiger partial charge is 0.313 e. The maximum Gasteiger partial charge on any atom is 0.313 e. The van der Waals surface area contributed by atoms with Gasteiger partial charge in [-0.2, -0.15) is 0 Å². The van der Waals surface area contributed by atoms with Crippen molar-refractivity contribution in [3.05, 3.63) is 23.8 Å².